The lowest BCUT2D eigenvalue weighted by Gasteiger charge is -2.42. The Kier molecular flexibility index (Phi) is 6.14. The highest BCUT2D eigenvalue weighted by atomic mass is 19.3. The molecule has 29 heavy (non-hydrogen) atoms. The van der Waals surface area contributed by atoms with Gasteiger partial charge in [-0.1, -0.05) is 0 Å². The van der Waals surface area contributed by atoms with Crippen molar-refractivity contribution in [3.05, 3.63) is 24.0 Å². The third-order valence-corrected chi connectivity index (χ3v) is 6.00. The first-order chi connectivity index (χ1) is 13.6. The van der Waals surface area contributed by atoms with E-state index in [4.69, 9.17) is 0 Å². The molecule has 0 radical (unpaired) electrons. The number of methoxy groups -OCH3 is 1. The number of carbonyl (C=O) groups is 2. The summed E-state index contributed by atoms with van der Waals surface area (Å²) in [7, 11) is 1.19. The summed E-state index contributed by atoms with van der Waals surface area (Å²) in [5.74, 6) is -8.48. The molecule has 0 aromatic carbocycles. The fraction of sp³-hybridized carbons (Fsp3) is 0.650. The molecule has 1 aromatic heterocycles. The monoisotopic (exact) mass is 416 g/mol. The van der Waals surface area contributed by atoms with Crippen molar-refractivity contribution in [1.29, 1.82) is 0 Å². The number of rotatable bonds is 4. The molecule has 2 aliphatic carbocycles. The van der Waals surface area contributed by atoms with Gasteiger partial charge in [-0.25, -0.2) is 27.3 Å². The standard InChI is InChI=1S/C20H24F4N2O3/c1-29-18(28)16-10-13(5-9-25-16)26-17(27)15-11-20(23,24)8-4-14(15)12-2-6-19(21,22)7-3-12/h5,9-10,12,14-15H,2-4,6-8,11H2,1H3,(H,25,26,27)/t14-,15+/m0/s1. The number of hydrogen-bond acceptors (Lipinski definition) is 4. The number of pyridine rings is 1. The summed E-state index contributed by atoms with van der Waals surface area (Å²) >= 11 is 0. The Hall–Kier alpha value is -2.19. The van der Waals surface area contributed by atoms with E-state index in [1.165, 1.54) is 25.4 Å². The van der Waals surface area contributed by atoms with Crippen LogP contribution in [0.3, 0.4) is 0 Å². The lowest BCUT2D eigenvalue weighted by Crippen LogP contribution is -2.43. The highest BCUT2D eigenvalue weighted by Crippen LogP contribution is 2.49. The summed E-state index contributed by atoms with van der Waals surface area (Å²) in [6, 6.07) is 2.75. The minimum atomic E-state index is -2.97. The minimum absolute atomic E-state index is 0.0228. The number of carbonyl (C=O) groups excluding carboxylic acids is 2. The first-order valence-corrected chi connectivity index (χ1v) is 9.71. The van der Waals surface area contributed by atoms with Gasteiger partial charge in [-0.05, 0) is 43.2 Å². The number of ether oxygens (including phenoxy) is 1. The van der Waals surface area contributed by atoms with Crippen LogP contribution in [0.1, 0.15) is 55.4 Å². The van der Waals surface area contributed by atoms with Crippen LogP contribution in [-0.4, -0.2) is 35.8 Å². The number of alkyl halides is 4. The van der Waals surface area contributed by atoms with E-state index in [0.29, 0.717) is 0 Å². The lowest BCUT2D eigenvalue weighted by molar-refractivity contribution is -0.136. The average molecular weight is 416 g/mol. The first-order valence-electron chi connectivity index (χ1n) is 9.71. The number of nitrogens with one attached hydrogen (secondary N) is 1. The Bertz CT molecular complexity index is 762. The fourth-order valence-electron chi connectivity index (χ4n) is 4.46. The van der Waals surface area contributed by atoms with Crippen LogP contribution in [0.25, 0.3) is 0 Å². The maximum atomic E-state index is 14.1. The maximum Gasteiger partial charge on any atom is 0.356 e. The van der Waals surface area contributed by atoms with Gasteiger partial charge in [0.05, 0.1) is 7.11 Å². The molecular formula is C20H24F4N2O3. The van der Waals surface area contributed by atoms with Gasteiger partial charge in [0.15, 0.2) is 0 Å². The van der Waals surface area contributed by atoms with E-state index in [2.05, 4.69) is 15.0 Å². The summed E-state index contributed by atoms with van der Waals surface area (Å²) in [6.45, 7) is 0. The third-order valence-electron chi connectivity index (χ3n) is 6.00. The van der Waals surface area contributed by atoms with Crippen molar-refractivity contribution in [2.45, 2.75) is 56.8 Å². The van der Waals surface area contributed by atoms with Crippen molar-refractivity contribution in [1.82, 2.24) is 4.98 Å². The molecule has 2 aliphatic rings. The summed E-state index contributed by atoms with van der Waals surface area (Å²) < 4.78 is 59.7. The number of nitrogens with zero attached hydrogens (tertiary/aromatic N) is 1. The van der Waals surface area contributed by atoms with E-state index < -0.39 is 36.1 Å². The average Bonchev–Trinajstić information content (AvgIpc) is 2.67. The summed E-state index contributed by atoms with van der Waals surface area (Å²) in [5.41, 5.74) is 0.221. The zero-order valence-corrected chi connectivity index (χ0v) is 16.1. The van der Waals surface area contributed by atoms with Gasteiger partial charge in [-0.15, -0.1) is 0 Å². The molecule has 160 valence electrons. The van der Waals surface area contributed by atoms with Gasteiger partial charge in [-0.3, -0.25) is 4.79 Å². The molecule has 9 heteroatoms. The van der Waals surface area contributed by atoms with Gasteiger partial charge in [0, 0.05) is 43.5 Å². The number of anilines is 1. The van der Waals surface area contributed by atoms with Gasteiger partial charge in [-0.2, -0.15) is 0 Å². The van der Waals surface area contributed by atoms with E-state index in [1.54, 1.807) is 0 Å². The highest BCUT2D eigenvalue weighted by molar-refractivity contribution is 5.94. The Balaban J connectivity index is 1.75. The molecule has 1 N–H and O–H groups in total. The van der Waals surface area contributed by atoms with Crippen molar-refractivity contribution in [2.24, 2.45) is 17.8 Å². The predicted molar refractivity (Wildman–Crippen MR) is 96.9 cm³/mol. The zero-order valence-electron chi connectivity index (χ0n) is 16.1. The number of hydrogen-bond donors (Lipinski definition) is 1. The molecule has 1 heterocycles. The van der Waals surface area contributed by atoms with Crippen LogP contribution in [0.4, 0.5) is 23.2 Å². The van der Waals surface area contributed by atoms with Gasteiger partial charge in [0.1, 0.15) is 5.69 Å². The van der Waals surface area contributed by atoms with Gasteiger partial charge in [0.2, 0.25) is 17.8 Å². The summed E-state index contributed by atoms with van der Waals surface area (Å²) in [6.07, 6.45) is 0.408. The number of esters is 1. The third kappa shape index (κ3) is 5.25. The molecule has 2 saturated carbocycles. The number of aromatic nitrogens is 1. The Morgan fingerprint density at radius 3 is 2.41 bits per heavy atom. The van der Waals surface area contributed by atoms with Crippen LogP contribution < -0.4 is 5.32 Å². The van der Waals surface area contributed by atoms with Crippen molar-refractivity contribution in [3.63, 3.8) is 0 Å². The van der Waals surface area contributed by atoms with Crippen molar-refractivity contribution < 1.29 is 31.9 Å². The minimum Gasteiger partial charge on any atom is -0.464 e. The van der Waals surface area contributed by atoms with Crippen LogP contribution >= 0.6 is 0 Å². The Morgan fingerprint density at radius 2 is 1.76 bits per heavy atom. The molecule has 0 aliphatic heterocycles. The van der Waals surface area contributed by atoms with Crippen LogP contribution in [0.2, 0.25) is 0 Å². The Morgan fingerprint density at radius 1 is 1.10 bits per heavy atom. The predicted octanol–water partition coefficient (Wildman–Crippen LogP) is 4.68. The van der Waals surface area contributed by atoms with E-state index in [1.807, 2.05) is 0 Å². The topological polar surface area (TPSA) is 68.3 Å². The SMILES string of the molecule is COC(=O)c1cc(NC(=O)[C@@H]2CC(F)(F)CC[C@H]2C2CCC(F)(F)CC2)ccn1. The van der Waals surface area contributed by atoms with E-state index in [-0.39, 0.29) is 61.7 Å². The molecule has 2 fully saturated rings. The smallest absolute Gasteiger partial charge is 0.356 e. The van der Waals surface area contributed by atoms with E-state index in [0.717, 1.165) is 0 Å². The lowest BCUT2D eigenvalue weighted by atomic mass is 9.66. The molecule has 2 atom stereocenters. The van der Waals surface area contributed by atoms with Gasteiger partial charge < -0.3 is 10.1 Å². The normalized spacial score (nSPS) is 26.5. The fourth-order valence-corrected chi connectivity index (χ4v) is 4.46. The quantitative estimate of drug-likeness (QED) is 0.572. The van der Waals surface area contributed by atoms with Crippen LogP contribution in [0, 0.1) is 17.8 Å². The molecule has 5 nitrogen and oxygen atoms in total. The second-order valence-corrected chi connectivity index (χ2v) is 7.97. The molecule has 1 amide bonds. The Labute approximate surface area is 166 Å². The second kappa shape index (κ2) is 8.28. The van der Waals surface area contributed by atoms with Crippen LogP contribution in [-0.2, 0) is 9.53 Å². The molecule has 0 unspecified atom stereocenters. The van der Waals surface area contributed by atoms with Crippen molar-refractivity contribution in [2.75, 3.05) is 12.4 Å². The van der Waals surface area contributed by atoms with Crippen molar-refractivity contribution in [3.8, 4) is 0 Å². The first kappa shape index (κ1) is 21.5. The van der Waals surface area contributed by atoms with E-state index in [9.17, 15) is 27.2 Å². The van der Waals surface area contributed by atoms with E-state index >= 15 is 0 Å². The van der Waals surface area contributed by atoms with Crippen LogP contribution in [0.15, 0.2) is 18.3 Å². The van der Waals surface area contributed by atoms with Gasteiger partial charge >= 0.3 is 5.97 Å². The molecule has 0 bridgehead atoms. The van der Waals surface area contributed by atoms with Crippen LogP contribution in [0.5, 0.6) is 0 Å². The second-order valence-electron chi connectivity index (χ2n) is 7.97. The molecule has 1 aromatic rings. The van der Waals surface area contributed by atoms with Gasteiger partial charge in [0.25, 0.3) is 0 Å². The maximum absolute atomic E-state index is 14.1. The molecule has 0 spiro atoms. The highest BCUT2D eigenvalue weighted by Gasteiger charge is 2.48. The molecule has 0 saturated heterocycles. The van der Waals surface area contributed by atoms with Crippen molar-refractivity contribution >= 4 is 17.6 Å². The molecular weight excluding hydrogens is 392 g/mol. The summed E-state index contributed by atoms with van der Waals surface area (Å²) in [5, 5.41) is 2.59. The molecule has 3 rings (SSSR count). The summed E-state index contributed by atoms with van der Waals surface area (Å²) in [4.78, 5) is 28.3. The number of halogens is 4. The number of amides is 1. The largest absolute Gasteiger partial charge is 0.464 e. The zero-order chi connectivity index (χ0) is 21.2.